The number of methoxy groups -OCH3 is 1. The van der Waals surface area contributed by atoms with Crippen molar-refractivity contribution in [2.24, 2.45) is 5.73 Å². The van der Waals surface area contributed by atoms with Gasteiger partial charge in [-0.05, 0) is 56.6 Å². The second-order valence-electron chi connectivity index (χ2n) is 6.06. The molecule has 19 heavy (non-hydrogen) atoms. The first-order valence-electron chi connectivity index (χ1n) is 7.24. The third-order valence-corrected chi connectivity index (χ3v) is 5.34. The van der Waals surface area contributed by atoms with Gasteiger partial charge in [-0.25, -0.2) is 0 Å². The van der Waals surface area contributed by atoms with Gasteiger partial charge in [0.1, 0.15) is 5.75 Å². The van der Waals surface area contributed by atoms with Crippen LogP contribution in [0, 0.1) is 0 Å². The Balaban J connectivity index is 2.17. The van der Waals surface area contributed by atoms with E-state index in [-0.39, 0.29) is 11.5 Å². The van der Waals surface area contributed by atoms with Crippen LogP contribution in [0.3, 0.4) is 0 Å². The molecular formula is C16H22ClNO. The number of fused-ring (bicyclic) bond motifs is 1. The molecule has 3 heteroatoms. The third kappa shape index (κ3) is 1.96. The highest BCUT2D eigenvalue weighted by atomic mass is 35.5. The molecule has 3 rings (SSSR count). The third-order valence-electron chi connectivity index (χ3n) is 4.94. The molecule has 104 valence electrons. The Hall–Kier alpha value is -0.730. The fourth-order valence-electron chi connectivity index (χ4n) is 3.51. The molecule has 0 heterocycles. The van der Waals surface area contributed by atoms with Gasteiger partial charge in [-0.3, -0.25) is 0 Å². The number of benzene rings is 1. The molecule has 0 aromatic heterocycles. The Labute approximate surface area is 120 Å². The van der Waals surface area contributed by atoms with Crippen molar-refractivity contribution < 1.29 is 4.74 Å². The van der Waals surface area contributed by atoms with E-state index < -0.39 is 0 Å². The van der Waals surface area contributed by atoms with Gasteiger partial charge in [-0.1, -0.05) is 17.7 Å². The standard InChI is InChI=1S/C16H22ClNO/c1-10(18)16(7-8-16)13-9-11-5-3-4-6-12(11)14(17)15(13)19-2/h9-10H,3-8,18H2,1-2H3. The van der Waals surface area contributed by atoms with E-state index in [1.54, 1.807) is 7.11 Å². The predicted octanol–water partition coefficient (Wildman–Crippen LogP) is 3.61. The highest BCUT2D eigenvalue weighted by molar-refractivity contribution is 6.33. The zero-order chi connectivity index (χ0) is 13.6. The van der Waals surface area contributed by atoms with E-state index in [1.165, 1.54) is 29.5 Å². The van der Waals surface area contributed by atoms with E-state index in [1.807, 2.05) is 0 Å². The van der Waals surface area contributed by atoms with Crippen molar-refractivity contribution >= 4 is 11.6 Å². The van der Waals surface area contributed by atoms with Gasteiger partial charge in [0.2, 0.25) is 0 Å². The summed E-state index contributed by atoms with van der Waals surface area (Å²) >= 11 is 6.60. The maximum absolute atomic E-state index is 6.60. The summed E-state index contributed by atoms with van der Waals surface area (Å²) in [5.41, 5.74) is 10.3. The van der Waals surface area contributed by atoms with Crippen LogP contribution < -0.4 is 10.5 Å². The summed E-state index contributed by atoms with van der Waals surface area (Å²) in [7, 11) is 1.72. The SMILES string of the molecule is COc1c(C2(C(C)N)CC2)cc2c(c1Cl)CCCC2. The van der Waals surface area contributed by atoms with Gasteiger partial charge in [0.25, 0.3) is 0 Å². The van der Waals surface area contributed by atoms with E-state index in [0.29, 0.717) is 0 Å². The zero-order valence-electron chi connectivity index (χ0n) is 11.8. The smallest absolute Gasteiger partial charge is 0.141 e. The molecule has 2 nitrogen and oxygen atoms in total. The van der Waals surface area contributed by atoms with Crippen molar-refractivity contribution in [1.82, 2.24) is 0 Å². The molecule has 2 N–H and O–H groups in total. The normalized spacial score (nSPS) is 21.7. The maximum Gasteiger partial charge on any atom is 0.141 e. The summed E-state index contributed by atoms with van der Waals surface area (Å²) in [5, 5.41) is 0.835. The van der Waals surface area contributed by atoms with Gasteiger partial charge in [-0.15, -0.1) is 0 Å². The molecule has 1 fully saturated rings. The number of ether oxygens (including phenoxy) is 1. The maximum atomic E-state index is 6.60. The molecule has 0 aliphatic heterocycles. The second kappa shape index (κ2) is 4.68. The van der Waals surface area contributed by atoms with E-state index in [0.717, 1.165) is 36.5 Å². The zero-order valence-corrected chi connectivity index (χ0v) is 12.5. The molecule has 1 aromatic rings. The lowest BCUT2D eigenvalue weighted by Gasteiger charge is -2.27. The second-order valence-corrected chi connectivity index (χ2v) is 6.44. The van der Waals surface area contributed by atoms with E-state index in [2.05, 4.69) is 13.0 Å². The van der Waals surface area contributed by atoms with E-state index in [9.17, 15) is 0 Å². The topological polar surface area (TPSA) is 35.2 Å². The summed E-state index contributed by atoms with van der Waals surface area (Å²) in [6, 6.07) is 2.48. The Kier molecular flexibility index (Phi) is 3.26. The molecule has 1 atom stereocenters. The molecule has 0 amide bonds. The summed E-state index contributed by atoms with van der Waals surface area (Å²) in [5.74, 6) is 0.872. The van der Waals surface area contributed by atoms with Gasteiger partial charge in [0.15, 0.2) is 0 Å². The fraction of sp³-hybridized carbons (Fsp3) is 0.625. The molecule has 1 aromatic carbocycles. The van der Waals surface area contributed by atoms with Crippen LogP contribution in [0.2, 0.25) is 5.02 Å². The first-order valence-corrected chi connectivity index (χ1v) is 7.62. The molecule has 0 saturated heterocycles. The summed E-state index contributed by atoms with van der Waals surface area (Å²) in [6.45, 7) is 2.10. The first kappa shape index (κ1) is 13.3. The number of rotatable bonds is 3. The summed E-state index contributed by atoms with van der Waals surface area (Å²) in [6.07, 6.45) is 7.01. The molecule has 1 saturated carbocycles. The van der Waals surface area contributed by atoms with Crippen molar-refractivity contribution in [3.63, 3.8) is 0 Å². The minimum Gasteiger partial charge on any atom is -0.495 e. The van der Waals surface area contributed by atoms with Crippen LogP contribution >= 0.6 is 11.6 Å². The summed E-state index contributed by atoms with van der Waals surface area (Å²) in [4.78, 5) is 0. The highest BCUT2D eigenvalue weighted by Gasteiger charge is 2.50. The van der Waals surface area contributed by atoms with Crippen LogP contribution in [0.1, 0.15) is 49.3 Å². The number of halogens is 1. The van der Waals surface area contributed by atoms with Crippen LogP contribution in [0.4, 0.5) is 0 Å². The highest BCUT2D eigenvalue weighted by Crippen LogP contribution is 2.55. The number of aryl methyl sites for hydroxylation is 1. The molecule has 1 unspecified atom stereocenters. The minimum atomic E-state index is 0.0987. The number of hydrogen-bond donors (Lipinski definition) is 1. The minimum absolute atomic E-state index is 0.0987. The van der Waals surface area contributed by atoms with Crippen LogP contribution in [-0.4, -0.2) is 13.2 Å². The fourth-order valence-corrected chi connectivity index (χ4v) is 3.90. The van der Waals surface area contributed by atoms with Crippen molar-refractivity contribution in [3.05, 3.63) is 27.8 Å². The Morgan fingerprint density at radius 2 is 2.00 bits per heavy atom. The van der Waals surface area contributed by atoms with Crippen molar-refractivity contribution in [2.45, 2.75) is 56.9 Å². The Morgan fingerprint density at radius 1 is 1.32 bits per heavy atom. The van der Waals surface area contributed by atoms with Crippen LogP contribution in [0.5, 0.6) is 5.75 Å². The van der Waals surface area contributed by atoms with Gasteiger partial charge in [0, 0.05) is 17.0 Å². The lowest BCUT2D eigenvalue weighted by Crippen LogP contribution is -2.32. The van der Waals surface area contributed by atoms with Crippen molar-refractivity contribution in [2.75, 3.05) is 7.11 Å². The number of nitrogens with two attached hydrogens (primary N) is 1. The molecule has 0 bridgehead atoms. The molecule has 0 radical (unpaired) electrons. The molecule has 2 aliphatic carbocycles. The van der Waals surface area contributed by atoms with Gasteiger partial charge < -0.3 is 10.5 Å². The van der Waals surface area contributed by atoms with E-state index >= 15 is 0 Å². The lowest BCUT2D eigenvalue weighted by atomic mass is 9.83. The van der Waals surface area contributed by atoms with E-state index in [4.69, 9.17) is 22.1 Å². The van der Waals surface area contributed by atoms with Crippen molar-refractivity contribution in [1.29, 1.82) is 0 Å². The molecule has 0 spiro atoms. The van der Waals surface area contributed by atoms with Crippen LogP contribution in [0.25, 0.3) is 0 Å². The van der Waals surface area contributed by atoms with Gasteiger partial charge >= 0.3 is 0 Å². The van der Waals surface area contributed by atoms with Crippen LogP contribution in [0.15, 0.2) is 6.07 Å². The Bertz CT molecular complexity index is 506. The summed E-state index contributed by atoms with van der Waals surface area (Å²) < 4.78 is 5.63. The quantitative estimate of drug-likeness (QED) is 0.917. The van der Waals surface area contributed by atoms with Gasteiger partial charge in [-0.2, -0.15) is 0 Å². The first-order chi connectivity index (χ1) is 9.10. The number of hydrogen-bond acceptors (Lipinski definition) is 2. The van der Waals surface area contributed by atoms with Gasteiger partial charge in [0.05, 0.1) is 12.1 Å². The van der Waals surface area contributed by atoms with Crippen LogP contribution in [-0.2, 0) is 18.3 Å². The monoisotopic (exact) mass is 279 g/mol. The molecule has 2 aliphatic rings. The largest absolute Gasteiger partial charge is 0.495 e. The average Bonchev–Trinajstić information content (AvgIpc) is 3.20. The lowest BCUT2D eigenvalue weighted by molar-refractivity contribution is 0.397. The predicted molar refractivity (Wildman–Crippen MR) is 79.2 cm³/mol. The average molecular weight is 280 g/mol. The molecular weight excluding hydrogens is 258 g/mol. The van der Waals surface area contributed by atoms with Crippen molar-refractivity contribution in [3.8, 4) is 5.75 Å². The Morgan fingerprint density at radius 3 is 2.58 bits per heavy atom.